The van der Waals surface area contributed by atoms with Crippen molar-refractivity contribution in [2.45, 2.75) is 11.8 Å². The average Bonchev–Trinajstić information content (AvgIpc) is 2.74. The molecular weight excluding hydrogens is 276 g/mol. The smallest absolute Gasteiger partial charge is 0.259 e. The summed E-state index contributed by atoms with van der Waals surface area (Å²) in [4.78, 5) is 9.73. The van der Waals surface area contributed by atoms with Crippen LogP contribution in [0.2, 0.25) is 0 Å². The monoisotopic (exact) mass is 284 g/mol. The lowest BCUT2D eigenvalue weighted by atomic mass is 10.3. The molecule has 1 aromatic carbocycles. The number of non-ortho nitro benzene ring substituents is 1. The molecule has 0 aliphatic rings. The van der Waals surface area contributed by atoms with E-state index < -0.39 is 14.9 Å². The van der Waals surface area contributed by atoms with E-state index >= 15 is 0 Å². The van der Waals surface area contributed by atoms with Crippen LogP contribution in [0, 0.1) is 17.0 Å². The van der Waals surface area contributed by atoms with E-state index in [0.717, 1.165) is 24.3 Å². The second-order valence-corrected chi connectivity index (χ2v) is 5.24. The van der Waals surface area contributed by atoms with E-state index in [9.17, 15) is 18.5 Å². The summed E-state index contributed by atoms with van der Waals surface area (Å²) in [6.07, 6.45) is 0. The van der Waals surface area contributed by atoms with Gasteiger partial charge in [0.15, 0.2) is 0 Å². The molecule has 2 aromatic rings. The zero-order chi connectivity index (χ0) is 14.0. The predicted octanol–water partition coefficient (Wildman–Crippen LogP) is 1.09. The number of hydrogen-bond donors (Lipinski definition) is 1. The van der Waals surface area contributed by atoms with E-state index in [1.807, 2.05) is 0 Å². The number of aromatic nitrogens is 2. The van der Waals surface area contributed by atoms with Crippen LogP contribution in [0.25, 0.3) is 0 Å². The lowest BCUT2D eigenvalue weighted by molar-refractivity contribution is -0.384. The zero-order valence-corrected chi connectivity index (χ0v) is 10.4. The minimum atomic E-state index is -3.88. The Labute approximate surface area is 107 Å². The minimum Gasteiger partial charge on any atom is -0.259 e. The quantitative estimate of drug-likeness (QED) is 0.657. The number of hydrogen-bond acceptors (Lipinski definition) is 7. The van der Waals surface area contributed by atoms with E-state index in [1.165, 1.54) is 6.92 Å². The number of nitrogens with zero attached hydrogens (tertiary/aromatic N) is 3. The second kappa shape index (κ2) is 4.65. The van der Waals surface area contributed by atoms with Gasteiger partial charge in [0.2, 0.25) is 5.82 Å². The summed E-state index contributed by atoms with van der Waals surface area (Å²) in [6, 6.07) is 4.46. The molecule has 2 rings (SSSR count). The van der Waals surface area contributed by atoms with Crippen molar-refractivity contribution in [2.75, 3.05) is 4.72 Å². The third kappa shape index (κ3) is 2.68. The summed E-state index contributed by atoms with van der Waals surface area (Å²) in [5, 5.41) is 17.3. The Morgan fingerprint density at radius 1 is 1.26 bits per heavy atom. The fraction of sp³-hybridized carbons (Fsp3) is 0.111. The second-order valence-electron chi connectivity index (χ2n) is 3.55. The van der Waals surface area contributed by atoms with Gasteiger partial charge in [0.1, 0.15) is 5.69 Å². The molecule has 0 aliphatic carbocycles. The Morgan fingerprint density at radius 3 is 2.37 bits per heavy atom. The molecule has 0 spiro atoms. The highest BCUT2D eigenvalue weighted by atomic mass is 32.2. The van der Waals surface area contributed by atoms with Crippen molar-refractivity contribution in [3.8, 4) is 0 Å². The van der Waals surface area contributed by atoms with Gasteiger partial charge in [0, 0.05) is 12.1 Å². The van der Waals surface area contributed by atoms with Crippen LogP contribution in [0.3, 0.4) is 0 Å². The van der Waals surface area contributed by atoms with Crippen LogP contribution in [0.5, 0.6) is 0 Å². The number of rotatable bonds is 4. The van der Waals surface area contributed by atoms with Gasteiger partial charge >= 0.3 is 0 Å². The zero-order valence-electron chi connectivity index (χ0n) is 9.60. The Hall–Kier alpha value is -2.49. The Morgan fingerprint density at radius 2 is 1.89 bits per heavy atom. The summed E-state index contributed by atoms with van der Waals surface area (Å²) < 4.78 is 30.4. The third-order valence-electron chi connectivity index (χ3n) is 2.24. The number of aryl methyl sites for hydroxylation is 1. The predicted molar refractivity (Wildman–Crippen MR) is 62.9 cm³/mol. The molecule has 1 aromatic heterocycles. The fourth-order valence-corrected chi connectivity index (χ4v) is 2.31. The summed E-state index contributed by atoms with van der Waals surface area (Å²) >= 11 is 0. The number of benzene rings is 1. The lowest BCUT2D eigenvalue weighted by Gasteiger charge is -2.04. The highest BCUT2D eigenvalue weighted by molar-refractivity contribution is 7.92. The summed E-state index contributed by atoms with van der Waals surface area (Å²) in [5.41, 5.74) is 0.0868. The van der Waals surface area contributed by atoms with E-state index in [0.29, 0.717) is 0 Å². The largest absolute Gasteiger partial charge is 0.269 e. The topological polar surface area (TPSA) is 128 Å². The van der Waals surface area contributed by atoms with Crippen molar-refractivity contribution >= 4 is 21.5 Å². The first-order valence-electron chi connectivity index (χ1n) is 4.96. The maximum atomic E-state index is 11.9. The standard InChI is InChI=1S/C9H8N4O5S/c1-6-9(11-18-10-6)12-19(16,17)8-4-2-7(3-5-8)13(14)15/h2-5H,1H3,(H,11,12). The van der Waals surface area contributed by atoms with E-state index in [-0.39, 0.29) is 22.1 Å². The summed E-state index contributed by atoms with van der Waals surface area (Å²) in [6.45, 7) is 1.52. The number of anilines is 1. The highest BCUT2D eigenvalue weighted by Crippen LogP contribution is 2.19. The molecule has 19 heavy (non-hydrogen) atoms. The molecule has 100 valence electrons. The first-order valence-corrected chi connectivity index (χ1v) is 6.45. The van der Waals surface area contributed by atoms with Gasteiger partial charge in [-0.25, -0.2) is 13.0 Å². The van der Waals surface area contributed by atoms with Crippen molar-refractivity contribution in [2.24, 2.45) is 0 Å². The van der Waals surface area contributed by atoms with Gasteiger partial charge in [0.05, 0.1) is 9.82 Å². The normalized spacial score (nSPS) is 11.2. The Bertz CT molecular complexity index is 706. The maximum absolute atomic E-state index is 11.9. The molecule has 0 saturated carbocycles. The molecule has 0 amide bonds. The van der Waals surface area contributed by atoms with Crippen molar-refractivity contribution in [1.82, 2.24) is 10.3 Å². The van der Waals surface area contributed by atoms with Crippen molar-refractivity contribution in [3.05, 3.63) is 40.1 Å². The fourth-order valence-electron chi connectivity index (χ4n) is 1.26. The third-order valence-corrected chi connectivity index (χ3v) is 3.60. The summed E-state index contributed by atoms with van der Waals surface area (Å²) in [5.74, 6) is -0.0293. The average molecular weight is 284 g/mol. The van der Waals surface area contributed by atoms with Gasteiger partial charge in [-0.1, -0.05) is 5.16 Å². The molecule has 0 bridgehead atoms. The molecular formula is C9H8N4O5S. The summed E-state index contributed by atoms with van der Waals surface area (Å²) in [7, 11) is -3.88. The van der Waals surface area contributed by atoms with Crippen LogP contribution < -0.4 is 4.72 Å². The first-order chi connectivity index (χ1) is 8.90. The molecule has 1 heterocycles. The van der Waals surface area contributed by atoms with E-state index in [4.69, 9.17) is 0 Å². The molecule has 0 radical (unpaired) electrons. The molecule has 0 atom stereocenters. The molecule has 0 unspecified atom stereocenters. The first kappa shape index (κ1) is 13.0. The van der Waals surface area contributed by atoms with Gasteiger partial charge in [-0.15, -0.1) is 0 Å². The van der Waals surface area contributed by atoms with Gasteiger partial charge in [0.25, 0.3) is 15.7 Å². The van der Waals surface area contributed by atoms with Crippen molar-refractivity contribution in [1.29, 1.82) is 0 Å². The number of sulfonamides is 1. The van der Waals surface area contributed by atoms with Gasteiger partial charge in [-0.3, -0.25) is 14.8 Å². The van der Waals surface area contributed by atoms with Crippen LogP contribution in [0.1, 0.15) is 5.69 Å². The minimum absolute atomic E-state index is 0.0293. The number of nitrogens with one attached hydrogen (secondary N) is 1. The maximum Gasteiger partial charge on any atom is 0.269 e. The van der Waals surface area contributed by atoms with Gasteiger partial charge in [-0.05, 0) is 24.2 Å². The van der Waals surface area contributed by atoms with E-state index in [1.54, 1.807) is 0 Å². The number of nitro benzene ring substituents is 1. The Kier molecular flexibility index (Phi) is 3.17. The number of nitro groups is 1. The molecule has 0 fully saturated rings. The molecule has 1 N–H and O–H groups in total. The highest BCUT2D eigenvalue weighted by Gasteiger charge is 2.19. The van der Waals surface area contributed by atoms with Crippen LogP contribution in [-0.4, -0.2) is 23.7 Å². The van der Waals surface area contributed by atoms with Crippen LogP contribution in [0.4, 0.5) is 11.5 Å². The van der Waals surface area contributed by atoms with Gasteiger partial charge < -0.3 is 0 Å². The molecule has 9 nitrogen and oxygen atoms in total. The van der Waals surface area contributed by atoms with Crippen molar-refractivity contribution < 1.29 is 18.0 Å². The lowest BCUT2D eigenvalue weighted by Crippen LogP contribution is -2.13. The SMILES string of the molecule is Cc1nonc1NS(=O)(=O)c1ccc([N+](=O)[O-])cc1. The molecule has 10 heteroatoms. The van der Waals surface area contributed by atoms with Crippen LogP contribution >= 0.6 is 0 Å². The van der Waals surface area contributed by atoms with Crippen LogP contribution in [-0.2, 0) is 10.0 Å². The van der Waals surface area contributed by atoms with Crippen molar-refractivity contribution in [3.63, 3.8) is 0 Å². The molecule has 0 saturated heterocycles. The molecule has 0 aliphatic heterocycles. The van der Waals surface area contributed by atoms with Gasteiger partial charge in [-0.2, -0.15) is 0 Å². The van der Waals surface area contributed by atoms with E-state index in [2.05, 4.69) is 19.7 Å². The van der Waals surface area contributed by atoms with Crippen LogP contribution in [0.15, 0.2) is 33.8 Å². The Balaban J connectivity index is 2.29.